The monoisotopic (exact) mass is 286 g/mol. The van der Waals surface area contributed by atoms with Gasteiger partial charge in [0.05, 0.1) is 12.2 Å². The van der Waals surface area contributed by atoms with Crippen LogP contribution in [0.15, 0.2) is 24.3 Å². The average molecular weight is 286 g/mol. The third-order valence-electron chi connectivity index (χ3n) is 5.27. The highest BCUT2D eigenvalue weighted by molar-refractivity contribution is 5.85. The zero-order valence-corrected chi connectivity index (χ0v) is 13.5. The van der Waals surface area contributed by atoms with Crippen LogP contribution in [-0.4, -0.2) is 29.4 Å². The van der Waals surface area contributed by atoms with E-state index in [1.807, 2.05) is 6.92 Å². The fourth-order valence-electron chi connectivity index (χ4n) is 4.42. The number of hydrogen-bond donors (Lipinski definition) is 1. The van der Waals surface area contributed by atoms with Gasteiger partial charge in [-0.1, -0.05) is 45.9 Å². The van der Waals surface area contributed by atoms with Gasteiger partial charge in [-0.05, 0) is 30.0 Å². The fraction of sp³-hybridized carbons (Fsp3) is 0.611. The van der Waals surface area contributed by atoms with E-state index >= 15 is 0 Å². The van der Waals surface area contributed by atoms with Gasteiger partial charge in [0.1, 0.15) is 5.78 Å². The molecule has 3 nitrogen and oxygen atoms in total. The number of fused-ring (bicyclic) bond motifs is 3. The van der Waals surface area contributed by atoms with Crippen molar-refractivity contribution in [2.45, 2.75) is 52.2 Å². The second-order valence-corrected chi connectivity index (χ2v) is 6.62. The number of rotatable bonds is 4. The van der Waals surface area contributed by atoms with Crippen molar-refractivity contribution in [3.63, 3.8) is 0 Å². The minimum Gasteiger partial charge on any atom is -0.369 e. The summed E-state index contributed by atoms with van der Waals surface area (Å²) in [6, 6.07) is 8.66. The topological polar surface area (TPSA) is 32.3 Å². The van der Waals surface area contributed by atoms with Gasteiger partial charge in [-0.3, -0.25) is 9.69 Å². The lowest BCUT2D eigenvalue weighted by molar-refractivity contribution is -0.124. The van der Waals surface area contributed by atoms with Gasteiger partial charge in [0.15, 0.2) is 0 Å². The molecule has 21 heavy (non-hydrogen) atoms. The molecule has 0 amide bonds. The first-order valence-electron chi connectivity index (χ1n) is 8.24. The van der Waals surface area contributed by atoms with Gasteiger partial charge in [-0.2, -0.15) is 0 Å². The number of anilines is 1. The summed E-state index contributed by atoms with van der Waals surface area (Å²) in [5, 5.41) is 3.66. The van der Waals surface area contributed by atoms with Crippen LogP contribution < -0.4 is 5.32 Å². The summed E-state index contributed by atoms with van der Waals surface area (Å²) in [4.78, 5) is 15.0. The van der Waals surface area contributed by atoms with E-state index in [1.165, 1.54) is 11.3 Å². The molecule has 4 atom stereocenters. The lowest BCUT2D eigenvalue weighted by Gasteiger charge is -2.31. The van der Waals surface area contributed by atoms with E-state index in [0.717, 1.165) is 6.54 Å². The predicted octanol–water partition coefficient (Wildman–Crippen LogP) is 3.48. The van der Waals surface area contributed by atoms with Crippen LogP contribution in [0.3, 0.4) is 0 Å². The van der Waals surface area contributed by atoms with Crippen LogP contribution in [0.1, 0.15) is 45.6 Å². The highest BCUT2D eigenvalue weighted by Crippen LogP contribution is 2.51. The quantitative estimate of drug-likeness (QED) is 0.919. The van der Waals surface area contributed by atoms with Crippen LogP contribution in [0.25, 0.3) is 0 Å². The summed E-state index contributed by atoms with van der Waals surface area (Å²) >= 11 is 0. The predicted molar refractivity (Wildman–Crippen MR) is 86.4 cm³/mol. The Kier molecular flexibility index (Phi) is 3.78. The molecular weight excluding hydrogens is 260 g/mol. The molecule has 2 aliphatic rings. The summed E-state index contributed by atoms with van der Waals surface area (Å²) in [5.74, 6) is 1.73. The molecule has 0 aliphatic carbocycles. The minimum absolute atomic E-state index is 0.0656. The molecule has 0 aromatic heterocycles. The average Bonchev–Trinajstić information content (AvgIpc) is 2.99. The molecule has 3 rings (SSSR count). The number of Topliss-reactive ketones (excluding diaryl/α,β-unsaturated/α-hetero) is 1. The Labute approximate surface area is 127 Å². The molecule has 1 aromatic rings. The van der Waals surface area contributed by atoms with Crippen LogP contribution in [0.5, 0.6) is 0 Å². The molecule has 1 fully saturated rings. The molecule has 0 saturated carbocycles. The first-order valence-corrected chi connectivity index (χ1v) is 8.24. The van der Waals surface area contributed by atoms with E-state index < -0.39 is 0 Å². The number of nitrogens with zero attached hydrogens (tertiary/aromatic N) is 1. The molecule has 1 saturated heterocycles. The normalized spacial score (nSPS) is 31.1. The maximum atomic E-state index is 12.6. The number of carbonyl (C=O) groups is 1. The number of likely N-dealkylation sites (N-methyl/N-ethyl adjacent to an activating group) is 1. The van der Waals surface area contributed by atoms with E-state index in [-0.39, 0.29) is 12.2 Å². The number of ketones is 1. The molecule has 0 spiro atoms. The van der Waals surface area contributed by atoms with Crippen molar-refractivity contribution >= 4 is 11.5 Å². The van der Waals surface area contributed by atoms with Crippen molar-refractivity contribution in [3.8, 4) is 0 Å². The van der Waals surface area contributed by atoms with Crippen LogP contribution in [0, 0.1) is 11.8 Å². The van der Waals surface area contributed by atoms with E-state index in [1.54, 1.807) is 0 Å². The van der Waals surface area contributed by atoms with Gasteiger partial charge < -0.3 is 5.32 Å². The van der Waals surface area contributed by atoms with Gasteiger partial charge in [-0.15, -0.1) is 0 Å². The molecule has 1 aromatic carbocycles. The van der Waals surface area contributed by atoms with Crippen LogP contribution in [0.4, 0.5) is 5.69 Å². The van der Waals surface area contributed by atoms with Gasteiger partial charge in [0, 0.05) is 18.0 Å². The first-order chi connectivity index (χ1) is 10.1. The van der Waals surface area contributed by atoms with Crippen molar-refractivity contribution in [1.82, 2.24) is 4.90 Å². The number of likely N-dealkylation sites (tertiary alicyclic amines) is 1. The lowest BCUT2D eigenvalue weighted by Crippen LogP contribution is -2.45. The summed E-state index contributed by atoms with van der Waals surface area (Å²) in [7, 11) is 0. The lowest BCUT2D eigenvalue weighted by atomic mass is 9.77. The summed E-state index contributed by atoms with van der Waals surface area (Å²) in [5.41, 5.74) is 2.64. The van der Waals surface area contributed by atoms with Gasteiger partial charge in [0.2, 0.25) is 0 Å². The highest BCUT2D eigenvalue weighted by Gasteiger charge is 2.54. The Hall–Kier alpha value is -1.35. The van der Waals surface area contributed by atoms with Crippen molar-refractivity contribution in [3.05, 3.63) is 29.8 Å². The van der Waals surface area contributed by atoms with Crippen LogP contribution in [-0.2, 0) is 4.79 Å². The molecule has 2 aliphatic heterocycles. The molecule has 4 unspecified atom stereocenters. The zero-order chi connectivity index (χ0) is 15.1. The maximum absolute atomic E-state index is 12.6. The Balaban J connectivity index is 2.06. The molecular formula is C18H26N2O. The fourth-order valence-corrected chi connectivity index (χ4v) is 4.42. The molecule has 0 bridgehead atoms. The number of nitrogens with one attached hydrogen (secondary N) is 1. The number of benzene rings is 1. The Morgan fingerprint density at radius 1 is 1.29 bits per heavy atom. The third kappa shape index (κ3) is 2.10. The SMILES string of the molecule is CCC(=O)C1C(C(C)C)C2c3ccccc3NC2N1CC. The summed E-state index contributed by atoms with van der Waals surface area (Å²) in [6.07, 6.45) is 0.908. The Morgan fingerprint density at radius 2 is 2.00 bits per heavy atom. The molecule has 114 valence electrons. The van der Waals surface area contributed by atoms with Crippen molar-refractivity contribution in [1.29, 1.82) is 0 Å². The van der Waals surface area contributed by atoms with Gasteiger partial charge >= 0.3 is 0 Å². The number of carbonyl (C=O) groups excluding carboxylic acids is 1. The van der Waals surface area contributed by atoms with E-state index in [4.69, 9.17) is 0 Å². The van der Waals surface area contributed by atoms with Crippen molar-refractivity contribution in [2.75, 3.05) is 11.9 Å². The zero-order valence-electron chi connectivity index (χ0n) is 13.5. The van der Waals surface area contributed by atoms with E-state index in [2.05, 4.69) is 55.3 Å². The smallest absolute Gasteiger partial charge is 0.150 e. The highest BCUT2D eigenvalue weighted by atomic mass is 16.1. The summed E-state index contributed by atoms with van der Waals surface area (Å²) in [6.45, 7) is 9.60. The van der Waals surface area contributed by atoms with Crippen molar-refractivity contribution < 1.29 is 4.79 Å². The minimum atomic E-state index is 0.0656. The first kappa shape index (κ1) is 14.6. The Bertz CT molecular complexity index is 540. The maximum Gasteiger partial charge on any atom is 0.150 e. The largest absolute Gasteiger partial charge is 0.369 e. The van der Waals surface area contributed by atoms with E-state index in [9.17, 15) is 4.79 Å². The Morgan fingerprint density at radius 3 is 2.62 bits per heavy atom. The molecule has 3 heteroatoms. The number of hydrogen-bond acceptors (Lipinski definition) is 3. The summed E-state index contributed by atoms with van der Waals surface area (Å²) < 4.78 is 0. The molecule has 2 heterocycles. The second-order valence-electron chi connectivity index (χ2n) is 6.62. The molecule has 0 radical (unpaired) electrons. The van der Waals surface area contributed by atoms with Gasteiger partial charge in [-0.25, -0.2) is 0 Å². The number of para-hydroxylation sites is 1. The second kappa shape index (κ2) is 5.45. The van der Waals surface area contributed by atoms with Crippen LogP contribution >= 0.6 is 0 Å². The molecule has 1 N–H and O–H groups in total. The van der Waals surface area contributed by atoms with Gasteiger partial charge in [0.25, 0.3) is 0 Å². The standard InChI is InChI=1S/C18H26N2O/c1-5-14(21)17-15(11(3)4)16-12-9-7-8-10-13(12)19-18(16)20(17)6-2/h7-11,15-19H,5-6H2,1-4H3. The van der Waals surface area contributed by atoms with E-state index in [0.29, 0.717) is 30.0 Å². The van der Waals surface area contributed by atoms with Crippen LogP contribution in [0.2, 0.25) is 0 Å². The third-order valence-corrected chi connectivity index (χ3v) is 5.27. The van der Waals surface area contributed by atoms with Crippen molar-refractivity contribution in [2.24, 2.45) is 11.8 Å².